The number of pyridine rings is 1. The van der Waals surface area contributed by atoms with Gasteiger partial charge < -0.3 is 15.4 Å². The van der Waals surface area contributed by atoms with Crippen molar-refractivity contribution in [3.05, 3.63) is 63.4 Å². The molecule has 1 fully saturated rings. The number of amides is 2. The van der Waals surface area contributed by atoms with E-state index < -0.39 is 16.7 Å². The number of benzene rings is 1. The van der Waals surface area contributed by atoms with Gasteiger partial charge in [-0.2, -0.15) is 0 Å². The van der Waals surface area contributed by atoms with Gasteiger partial charge in [-0.25, -0.2) is 9.67 Å². The van der Waals surface area contributed by atoms with Crippen LogP contribution < -0.4 is 15.4 Å². The number of aryl methyl sites for hydroxylation is 1. The van der Waals surface area contributed by atoms with Crippen molar-refractivity contribution in [3.8, 4) is 11.7 Å². The highest BCUT2D eigenvalue weighted by Gasteiger charge is 2.30. The van der Waals surface area contributed by atoms with E-state index in [0.29, 0.717) is 34.3 Å². The van der Waals surface area contributed by atoms with Gasteiger partial charge in [0.1, 0.15) is 11.8 Å². The minimum atomic E-state index is -0.910. The van der Waals surface area contributed by atoms with Crippen LogP contribution in [-0.2, 0) is 10.8 Å². The van der Waals surface area contributed by atoms with E-state index in [1.165, 1.54) is 23.0 Å². The van der Waals surface area contributed by atoms with Crippen molar-refractivity contribution in [2.75, 3.05) is 23.4 Å². The largest absolute Gasteiger partial charge is 0.471 e. The lowest BCUT2D eigenvalue weighted by molar-refractivity contribution is 0.0950. The molecule has 1 aliphatic rings. The summed E-state index contributed by atoms with van der Waals surface area (Å²) in [6, 6.07) is 7.95. The zero-order valence-electron chi connectivity index (χ0n) is 21.5. The third-order valence-electron chi connectivity index (χ3n) is 5.83. The normalized spacial score (nSPS) is 17.0. The van der Waals surface area contributed by atoms with Crippen LogP contribution in [0.25, 0.3) is 5.82 Å². The minimum Gasteiger partial charge on any atom is -0.471 e. The Morgan fingerprint density at radius 1 is 1.18 bits per heavy atom. The first-order valence-corrected chi connectivity index (χ1v) is 14.3. The van der Waals surface area contributed by atoms with E-state index in [0.717, 1.165) is 6.42 Å². The van der Waals surface area contributed by atoms with Crippen molar-refractivity contribution in [2.24, 2.45) is 5.41 Å². The lowest BCUT2D eigenvalue weighted by atomic mass is 9.92. The molecular formula is C26H29Cl2N5O4S. The number of hydrogen-bond acceptors (Lipinski definition) is 6. The van der Waals surface area contributed by atoms with Gasteiger partial charge in [-0.15, -0.1) is 5.10 Å². The van der Waals surface area contributed by atoms with Gasteiger partial charge in [0.15, 0.2) is 5.82 Å². The zero-order chi connectivity index (χ0) is 27.6. The van der Waals surface area contributed by atoms with Crippen LogP contribution in [0.1, 0.15) is 53.6 Å². The maximum atomic E-state index is 13.6. The fourth-order valence-electron chi connectivity index (χ4n) is 3.79. The van der Waals surface area contributed by atoms with Crippen LogP contribution in [0.15, 0.2) is 36.5 Å². The van der Waals surface area contributed by atoms with Crippen LogP contribution >= 0.6 is 23.2 Å². The Labute approximate surface area is 233 Å². The second-order valence-corrected chi connectivity index (χ2v) is 12.7. The third-order valence-corrected chi connectivity index (χ3v) is 7.83. The average molecular weight is 579 g/mol. The number of aromatic nitrogens is 3. The molecule has 0 saturated carbocycles. The molecule has 0 aliphatic carbocycles. The maximum Gasteiger partial charge on any atom is 0.274 e. The summed E-state index contributed by atoms with van der Waals surface area (Å²) in [5.41, 5.74) is 1.32. The van der Waals surface area contributed by atoms with E-state index in [1.54, 1.807) is 25.1 Å². The number of ether oxygens (including phenoxy) is 1. The van der Waals surface area contributed by atoms with E-state index in [2.05, 4.69) is 41.5 Å². The molecule has 3 heterocycles. The summed E-state index contributed by atoms with van der Waals surface area (Å²) in [5, 5.41) is 10.8. The molecule has 2 amide bonds. The molecule has 0 unspecified atom stereocenters. The highest BCUT2D eigenvalue weighted by atomic mass is 35.5. The molecule has 0 atom stereocenters. The lowest BCUT2D eigenvalue weighted by Gasteiger charge is -2.24. The quantitative estimate of drug-likeness (QED) is 0.397. The number of halogens is 2. The summed E-state index contributed by atoms with van der Waals surface area (Å²) < 4.78 is 18.6. The van der Waals surface area contributed by atoms with Crippen molar-refractivity contribution < 1.29 is 18.5 Å². The van der Waals surface area contributed by atoms with E-state index >= 15 is 0 Å². The van der Waals surface area contributed by atoms with Crippen LogP contribution in [-0.4, -0.2) is 54.9 Å². The molecule has 1 aliphatic heterocycles. The van der Waals surface area contributed by atoms with E-state index in [-0.39, 0.29) is 45.4 Å². The highest BCUT2D eigenvalue weighted by Crippen LogP contribution is 2.29. The first-order chi connectivity index (χ1) is 17.9. The average Bonchev–Trinajstić information content (AvgIpc) is 3.22. The molecule has 9 nitrogen and oxygen atoms in total. The number of nitrogens with one attached hydrogen (secondary N) is 2. The van der Waals surface area contributed by atoms with Gasteiger partial charge in [0, 0.05) is 34.6 Å². The molecule has 0 spiro atoms. The van der Waals surface area contributed by atoms with Crippen LogP contribution in [0, 0.1) is 12.3 Å². The van der Waals surface area contributed by atoms with Crippen molar-refractivity contribution in [1.82, 2.24) is 20.1 Å². The Hall–Kier alpha value is -2.95. The molecule has 3 aromatic rings. The second kappa shape index (κ2) is 11.4. The smallest absolute Gasteiger partial charge is 0.274 e. The number of rotatable bonds is 8. The van der Waals surface area contributed by atoms with E-state index in [1.807, 2.05) is 0 Å². The number of anilines is 1. The van der Waals surface area contributed by atoms with Gasteiger partial charge in [0.2, 0.25) is 5.88 Å². The summed E-state index contributed by atoms with van der Waals surface area (Å²) in [7, 11) is -0.910. The third kappa shape index (κ3) is 6.73. The lowest BCUT2D eigenvalue weighted by Crippen LogP contribution is -2.41. The molecule has 0 radical (unpaired) electrons. The SMILES string of the molecule is Cc1cc(Cl)cc(C(=O)NCCC(C)(C)C)c1NC(=O)c1cc(OC2CS(=O)C2)nn1-c1ncccc1Cl. The summed E-state index contributed by atoms with van der Waals surface area (Å²) >= 11 is 12.6. The first kappa shape index (κ1) is 28.1. The van der Waals surface area contributed by atoms with Gasteiger partial charge in [-0.05, 0) is 48.6 Å². The molecule has 38 heavy (non-hydrogen) atoms. The van der Waals surface area contributed by atoms with Gasteiger partial charge in [-0.3, -0.25) is 13.8 Å². The predicted molar refractivity (Wildman–Crippen MR) is 149 cm³/mol. The van der Waals surface area contributed by atoms with Gasteiger partial charge in [0.25, 0.3) is 11.8 Å². The second-order valence-electron chi connectivity index (χ2n) is 10.3. The van der Waals surface area contributed by atoms with Gasteiger partial charge in [-0.1, -0.05) is 44.0 Å². The summed E-state index contributed by atoms with van der Waals surface area (Å²) in [6.45, 7) is 8.50. The Morgan fingerprint density at radius 3 is 2.58 bits per heavy atom. The van der Waals surface area contributed by atoms with Crippen LogP contribution in [0.5, 0.6) is 5.88 Å². The number of carbonyl (C=O) groups excluding carboxylic acids is 2. The van der Waals surface area contributed by atoms with Crippen LogP contribution in [0.2, 0.25) is 10.0 Å². The van der Waals surface area contributed by atoms with Crippen molar-refractivity contribution in [3.63, 3.8) is 0 Å². The molecule has 1 aromatic carbocycles. The standard InChI is InChI=1S/C26H29Cl2N5O4S/c1-15-10-16(27)11-18(24(34)30-9-7-26(2,3)4)22(15)31-25(35)20-12-21(37-17-13-38(36)14-17)32-33(20)23-19(28)6-5-8-29-23/h5-6,8,10-12,17H,7,9,13-14H2,1-4H3,(H,30,34)(H,31,35). The Bertz CT molecular complexity index is 1390. The van der Waals surface area contributed by atoms with Gasteiger partial charge in [0.05, 0.1) is 27.8 Å². The Kier molecular flexibility index (Phi) is 8.44. The summed E-state index contributed by atoms with van der Waals surface area (Å²) in [4.78, 5) is 31.0. The molecule has 2 aromatic heterocycles. The van der Waals surface area contributed by atoms with Crippen LogP contribution in [0.3, 0.4) is 0 Å². The number of hydrogen-bond donors (Lipinski definition) is 2. The molecule has 4 rings (SSSR count). The minimum absolute atomic E-state index is 0.0496. The highest BCUT2D eigenvalue weighted by molar-refractivity contribution is 7.86. The van der Waals surface area contributed by atoms with Crippen molar-refractivity contribution in [1.29, 1.82) is 0 Å². The number of carbonyl (C=O) groups is 2. The molecular weight excluding hydrogens is 549 g/mol. The Morgan fingerprint density at radius 2 is 1.92 bits per heavy atom. The maximum absolute atomic E-state index is 13.6. The monoisotopic (exact) mass is 577 g/mol. The fraction of sp³-hybridized carbons (Fsp3) is 0.385. The Balaban J connectivity index is 1.65. The summed E-state index contributed by atoms with van der Waals surface area (Å²) in [5.74, 6) is 0.303. The van der Waals surface area contributed by atoms with E-state index in [9.17, 15) is 13.8 Å². The molecule has 0 bridgehead atoms. The molecule has 1 saturated heterocycles. The fourth-order valence-corrected chi connectivity index (χ4v) is 5.13. The van der Waals surface area contributed by atoms with Gasteiger partial charge >= 0.3 is 0 Å². The van der Waals surface area contributed by atoms with E-state index in [4.69, 9.17) is 27.9 Å². The predicted octanol–water partition coefficient (Wildman–Crippen LogP) is 4.81. The molecule has 202 valence electrons. The topological polar surface area (TPSA) is 115 Å². The van der Waals surface area contributed by atoms with Crippen molar-refractivity contribution in [2.45, 2.75) is 40.2 Å². The molecule has 12 heteroatoms. The zero-order valence-corrected chi connectivity index (χ0v) is 23.8. The first-order valence-electron chi connectivity index (χ1n) is 12.0. The summed E-state index contributed by atoms with van der Waals surface area (Å²) in [6.07, 6.45) is 2.06. The number of nitrogens with zero attached hydrogens (tertiary/aromatic N) is 3. The van der Waals surface area contributed by atoms with Crippen LogP contribution in [0.4, 0.5) is 5.69 Å². The van der Waals surface area contributed by atoms with Crippen molar-refractivity contribution >= 4 is 51.5 Å². The molecule has 2 N–H and O–H groups in total.